The Morgan fingerprint density at radius 2 is 1.86 bits per heavy atom. The van der Waals surface area contributed by atoms with Gasteiger partial charge in [0.25, 0.3) is 0 Å². The quantitative estimate of drug-likeness (QED) is 0.905. The summed E-state index contributed by atoms with van der Waals surface area (Å²) in [6.45, 7) is 2.02. The van der Waals surface area contributed by atoms with Crippen LogP contribution in [0.1, 0.15) is 16.7 Å². The first-order valence-electron chi connectivity index (χ1n) is 7.01. The molecular formula is C16H18N2O2S. The molecule has 21 heavy (non-hydrogen) atoms. The molecule has 4 nitrogen and oxygen atoms in total. The molecule has 0 fully saturated rings. The lowest BCUT2D eigenvalue weighted by Crippen LogP contribution is -2.26. The molecule has 0 amide bonds. The number of fused-ring (bicyclic) bond motifs is 1. The van der Waals surface area contributed by atoms with E-state index < -0.39 is 10.0 Å². The molecule has 0 atom stereocenters. The van der Waals surface area contributed by atoms with Gasteiger partial charge in [-0.2, -0.15) is 0 Å². The van der Waals surface area contributed by atoms with Crippen LogP contribution in [0.4, 0.5) is 0 Å². The van der Waals surface area contributed by atoms with Gasteiger partial charge in [0.2, 0.25) is 10.0 Å². The maximum atomic E-state index is 12.4. The van der Waals surface area contributed by atoms with Gasteiger partial charge in [-0.15, -0.1) is 0 Å². The maximum Gasteiger partial charge on any atom is 0.240 e. The molecule has 3 rings (SSSR count). The fourth-order valence-electron chi connectivity index (χ4n) is 2.48. The first kappa shape index (κ1) is 14.3. The summed E-state index contributed by atoms with van der Waals surface area (Å²) in [5.74, 6) is 0. The molecule has 0 aliphatic carbocycles. The van der Waals surface area contributed by atoms with Gasteiger partial charge in [-0.3, -0.25) is 0 Å². The molecule has 0 bridgehead atoms. The zero-order valence-corrected chi connectivity index (χ0v) is 12.5. The molecule has 2 aromatic rings. The molecule has 1 aliphatic rings. The van der Waals surface area contributed by atoms with Crippen LogP contribution in [-0.4, -0.2) is 15.0 Å². The minimum atomic E-state index is -3.46. The molecular weight excluding hydrogens is 284 g/mol. The van der Waals surface area contributed by atoms with Gasteiger partial charge >= 0.3 is 0 Å². The summed E-state index contributed by atoms with van der Waals surface area (Å²) in [5, 5.41) is 3.28. The number of benzene rings is 2. The van der Waals surface area contributed by atoms with E-state index in [1.54, 1.807) is 12.1 Å². The second kappa shape index (κ2) is 5.97. The van der Waals surface area contributed by atoms with E-state index in [-0.39, 0.29) is 0 Å². The van der Waals surface area contributed by atoms with E-state index in [0.717, 1.165) is 30.6 Å². The zero-order valence-electron chi connectivity index (χ0n) is 11.7. The van der Waals surface area contributed by atoms with Crippen LogP contribution in [0.15, 0.2) is 53.4 Å². The highest BCUT2D eigenvalue weighted by Crippen LogP contribution is 2.19. The molecule has 0 aromatic heterocycles. The molecule has 0 radical (unpaired) electrons. The smallest absolute Gasteiger partial charge is 0.240 e. The number of hydrogen-bond donors (Lipinski definition) is 2. The van der Waals surface area contributed by atoms with Crippen LogP contribution in [0.3, 0.4) is 0 Å². The van der Waals surface area contributed by atoms with E-state index in [1.165, 1.54) is 5.56 Å². The van der Waals surface area contributed by atoms with Crippen molar-refractivity contribution in [3.63, 3.8) is 0 Å². The predicted molar refractivity (Wildman–Crippen MR) is 82.3 cm³/mol. The number of nitrogens with one attached hydrogen (secondary N) is 2. The van der Waals surface area contributed by atoms with Crippen molar-refractivity contribution in [2.45, 2.75) is 24.4 Å². The van der Waals surface area contributed by atoms with Crippen molar-refractivity contribution in [3.8, 4) is 0 Å². The standard InChI is InChI=1S/C16H18N2O2S/c19-21(20,18-11-13-4-2-1-3-5-13)16-7-6-15-12-17-9-8-14(15)10-16/h1-7,10,17-18H,8-9,11-12H2. The number of hydrogen-bond acceptors (Lipinski definition) is 3. The van der Waals surface area contributed by atoms with Crippen LogP contribution in [0.5, 0.6) is 0 Å². The molecule has 0 saturated heterocycles. The fraction of sp³-hybridized carbons (Fsp3) is 0.250. The highest BCUT2D eigenvalue weighted by Gasteiger charge is 2.17. The molecule has 1 heterocycles. The minimum Gasteiger partial charge on any atom is -0.312 e. The molecule has 2 N–H and O–H groups in total. The normalized spacial score (nSPS) is 14.7. The van der Waals surface area contributed by atoms with Gasteiger partial charge in [0.15, 0.2) is 0 Å². The Bertz CT molecular complexity index is 727. The first-order valence-corrected chi connectivity index (χ1v) is 8.49. The summed E-state index contributed by atoms with van der Waals surface area (Å²) in [5.41, 5.74) is 3.25. The minimum absolute atomic E-state index is 0.307. The second-order valence-electron chi connectivity index (χ2n) is 5.17. The number of rotatable bonds is 4. The van der Waals surface area contributed by atoms with Gasteiger partial charge < -0.3 is 5.32 Å². The second-order valence-corrected chi connectivity index (χ2v) is 6.93. The fourth-order valence-corrected chi connectivity index (χ4v) is 3.55. The van der Waals surface area contributed by atoms with Crippen molar-refractivity contribution in [1.82, 2.24) is 10.0 Å². The zero-order chi connectivity index (χ0) is 14.7. The van der Waals surface area contributed by atoms with Crippen molar-refractivity contribution in [2.75, 3.05) is 6.54 Å². The summed E-state index contributed by atoms with van der Waals surface area (Å²) in [6, 6.07) is 14.9. The lowest BCUT2D eigenvalue weighted by Gasteiger charge is -2.18. The van der Waals surface area contributed by atoms with Gasteiger partial charge in [-0.25, -0.2) is 13.1 Å². The third-order valence-corrected chi connectivity index (χ3v) is 5.08. The lowest BCUT2D eigenvalue weighted by molar-refractivity contribution is 0.580. The van der Waals surface area contributed by atoms with E-state index in [4.69, 9.17) is 0 Å². The molecule has 2 aromatic carbocycles. The van der Waals surface area contributed by atoms with Gasteiger partial charge in [0.1, 0.15) is 0 Å². The average Bonchev–Trinajstić information content (AvgIpc) is 2.53. The summed E-state index contributed by atoms with van der Waals surface area (Å²) < 4.78 is 27.4. The van der Waals surface area contributed by atoms with Gasteiger partial charge in [-0.1, -0.05) is 36.4 Å². The molecule has 0 spiro atoms. The van der Waals surface area contributed by atoms with Crippen molar-refractivity contribution < 1.29 is 8.42 Å². The third kappa shape index (κ3) is 3.32. The average molecular weight is 302 g/mol. The van der Waals surface area contributed by atoms with Crippen LogP contribution >= 0.6 is 0 Å². The van der Waals surface area contributed by atoms with Crippen LogP contribution in [0.2, 0.25) is 0 Å². The van der Waals surface area contributed by atoms with Gasteiger partial charge in [0.05, 0.1) is 4.90 Å². The molecule has 5 heteroatoms. The van der Waals surface area contributed by atoms with Crippen LogP contribution in [0.25, 0.3) is 0 Å². The van der Waals surface area contributed by atoms with Gasteiger partial charge in [0, 0.05) is 13.1 Å². The summed E-state index contributed by atoms with van der Waals surface area (Å²) >= 11 is 0. The first-order chi connectivity index (χ1) is 10.1. The number of sulfonamides is 1. The van der Waals surface area contributed by atoms with Crippen molar-refractivity contribution >= 4 is 10.0 Å². The van der Waals surface area contributed by atoms with Gasteiger partial charge in [-0.05, 0) is 41.8 Å². The Morgan fingerprint density at radius 3 is 2.67 bits per heavy atom. The topological polar surface area (TPSA) is 58.2 Å². The largest absolute Gasteiger partial charge is 0.312 e. The van der Waals surface area contributed by atoms with Crippen molar-refractivity contribution in [3.05, 3.63) is 65.2 Å². The van der Waals surface area contributed by atoms with E-state index >= 15 is 0 Å². The van der Waals surface area contributed by atoms with Crippen molar-refractivity contribution in [2.24, 2.45) is 0 Å². The predicted octanol–water partition coefficient (Wildman–Crippen LogP) is 1.81. The van der Waals surface area contributed by atoms with E-state index in [1.807, 2.05) is 36.4 Å². The molecule has 0 saturated carbocycles. The molecule has 1 aliphatic heterocycles. The Kier molecular flexibility index (Phi) is 4.05. The van der Waals surface area contributed by atoms with Crippen LogP contribution in [0, 0.1) is 0 Å². The SMILES string of the molecule is O=S(=O)(NCc1ccccc1)c1ccc2c(c1)CCNC2. The van der Waals surface area contributed by atoms with E-state index in [2.05, 4.69) is 10.0 Å². The van der Waals surface area contributed by atoms with Crippen LogP contribution < -0.4 is 10.0 Å². The Morgan fingerprint density at radius 1 is 1.05 bits per heavy atom. The highest BCUT2D eigenvalue weighted by atomic mass is 32.2. The van der Waals surface area contributed by atoms with E-state index in [9.17, 15) is 8.42 Å². The Balaban J connectivity index is 1.78. The molecule has 0 unspecified atom stereocenters. The van der Waals surface area contributed by atoms with Crippen LogP contribution in [-0.2, 0) is 29.5 Å². The Labute approximate surface area is 125 Å². The Hall–Kier alpha value is -1.69. The third-order valence-electron chi connectivity index (χ3n) is 3.68. The summed E-state index contributed by atoms with van der Waals surface area (Å²) in [7, 11) is -3.46. The van der Waals surface area contributed by atoms with Crippen molar-refractivity contribution in [1.29, 1.82) is 0 Å². The maximum absolute atomic E-state index is 12.4. The monoisotopic (exact) mass is 302 g/mol. The lowest BCUT2D eigenvalue weighted by atomic mass is 10.0. The van der Waals surface area contributed by atoms with E-state index in [0.29, 0.717) is 11.4 Å². The summed E-state index contributed by atoms with van der Waals surface area (Å²) in [6.07, 6.45) is 0.872. The molecule has 110 valence electrons. The summed E-state index contributed by atoms with van der Waals surface area (Å²) in [4.78, 5) is 0.346. The highest BCUT2D eigenvalue weighted by molar-refractivity contribution is 7.89.